The van der Waals surface area contributed by atoms with Crippen molar-refractivity contribution in [1.82, 2.24) is 5.32 Å². The number of rotatable bonds is 7. The molecule has 1 amide bonds. The van der Waals surface area contributed by atoms with Crippen LogP contribution in [-0.4, -0.2) is 26.6 Å². The second kappa shape index (κ2) is 7.41. The van der Waals surface area contributed by atoms with E-state index in [1.807, 2.05) is 18.2 Å². The van der Waals surface area contributed by atoms with Gasteiger partial charge in [-0.1, -0.05) is 42.5 Å². The van der Waals surface area contributed by atoms with Gasteiger partial charge in [0.2, 0.25) is 5.91 Å². The summed E-state index contributed by atoms with van der Waals surface area (Å²) in [5.41, 5.74) is 0.778. The fraction of sp³-hybridized carbons (Fsp3) is 0.438. The van der Waals surface area contributed by atoms with E-state index >= 15 is 0 Å². The van der Waals surface area contributed by atoms with E-state index < -0.39 is 9.84 Å². The molecule has 0 heterocycles. The van der Waals surface area contributed by atoms with Crippen LogP contribution in [0.3, 0.4) is 0 Å². The third-order valence-corrected chi connectivity index (χ3v) is 5.12. The molecule has 0 bridgehead atoms. The molecule has 1 aliphatic rings. The molecule has 0 saturated heterocycles. The van der Waals surface area contributed by atoms with Crippen LogP contribution in [0.1, 0.15) is 24.8 Å². The van der Waals surface area contributed by atoms with Gasteiger partial charge in [0.15, 0.2) is 9.84 Å². The van der Waals surface area contributed by atoms with Gasteiger partial charge in [0.25, 0.3) is 0 Å². The first kappa shape index (κ1) is 15.8. The third-order valence-electron chi connectivity index (χ3n) is 3.52. The molecule has 0 radical (unpaired) electrons. The molecule has 1 aliphatic carbocycles. The monoisotopic (exact) mass is 307 g/mol. The second-order valence-corrected chi connectivity index (χ2v) is 7.58. The minimum Gasteiger partial charge on any atom is -0.355 e. The minimum absolute atomic E-state index is 0.0197. The Balaban J connectivity index is 1.71. The van der Waals surface area contributed by atoms with Gasteiger partial charge in [0.05, 0.1) is 11.5 Å². The van der Waals surface area contributed by atoms with Crippen LogP contribution < -0.4 is 5.32 Å². The molecule has 1 atom stereocenters. The summed E-state index contributed by atoms with van der Waals surface area (Å²) in [6.45, 7) is 0.185. The lowest BCUT2D eigenvalue weighted by Crippen LogP contribution is -2.30. The van der Waals surface area contributed by atoms with Gasteiger partial charge in [-0.3, -0.25) is 4.79 Å². The number of carbonyl (C=O) groups excluding carboxylic acids is 1. The number of carbonyl (C=O) groups is 1. The van der Waals surface area contributed by atoms with E-state index in [2.05, 4.69) is 17.5 Å². The summed E-state index contributed by atoms with van der Waals surface area (Å²) in [5, 5.41) is 2.70. The highest BCUT2D eigenvalue weighted by atomic mass is 32.2. The molecule has 5 heteroatoms. The van der Waals surface area contributed by atoms with Gasteiger partial charge in [-0.2, -0.15) is 0 Å². The Labute approximate surface area is 126 Å². The molecule has 1 N–H and O–H groups in total. The molecule has 2 rings (SSSR count). The maximum absolute atomic E-state index is 12.0. The number of hydrogen-bond acceptors (Lipinski definition) is 3. The first-order valence-corrected chi connectivity index (χ1v) is 9.05. The molecule has 0 saturated carbocycles. The molecule has 1 aromatic rings. The fourth-order valence-electron chi connectivity index (χ4n) is 2.42. The number of amides is 1. The van der Waals surface area contributed by atoms with Crippen LogP contribution in [0.2, 0.25) is 0 Å². The Morgan fingerprint density at radius 1 is 1.24 bits per heavy atom. The Morgan fingerprint density at radius 2 is 2.00 bits per heavy atom. The van der Waals surface area contributed by atoms with Crippen LogP contribution in [0.5, 0.6) is 0 Å². The van der Waals surface area contributed by atoms with Crippen molar-refractivity contribution in [3.05, 3.63) is 48.0 Å². The second-order valence-electron chi connectivity index (χ2n) is 5.40. The lowest BCUT2D eigenvalue weighted by atomic mass is 10.1. The summed E-state index contributed by atoms with van der Waals surface area (Å²) < 4.78 is 23.9. The summed E-state index contributed by atoms with van der Waals surface area (Å²) in [4.78, 5) is 11.7. The van der Waals surface area contributed by atoms with Crippen LogP contribution >= 0.6 is 0 Å². The van der Waals surface area contributed by atoms with E-state index in [4.69, 9.17) is 0 Å². The lowest BCUT2D eigenvalue weighted by molar-refractivity contribution is -0.121. The highest BCUT2D eigenvalue weighted by molar-refractivity contribution is 7.90. The lowest BCUT2D eigenvalue weighted by Gasteiger charge is -2.09. The number of allylic oxidation sites excluding steroid dienone is 2. The standard InChI is InChI=1S/C16H21NO3S/c18-16(12-14-6-4-5-7-14)17-10-11-21(19,20)13-15-8-2-1-3-9-15/h1-4,6,8-9,14H,5,7,10-13H2,(H,17,18)/t14-/m1/s1. The van der Waals surface area contributed by atoms with E-state index in [-0.39, 0.29) is 24.0 Å². The predicted molar refractivity (Wildman–Crippen MR) is 83.4 cm³/mol. The topological polar surface area (TPSA) is 63.2 Å². The molecule has 0 unspecified atom stereocenters. The van der Waals surface area contributed by atoms with Crippen LogP contribution in [0.4, 0.5) is 0 Å². The Kier molecular flexibility index (Phi) is 5.56. The van der Waals surface area contributed by atoms with Gasteiger partial charge in [0, 0.05) is 13.0 Å². The van der Waals surface area contributed by atoms with Crippen LogP contribution in [-0.2, 0) is 20.4 Å². The summed E-state index contributed by atoms with van der Waals surface area (Å²) in [7, 11) is -3.19. The molecule has 0 aliphatic heterocycles. The van der Waals surface area contributed by atoms with E-state index in [1.54, 1.807) is 12.1 Å². The molecule has 0 fully saturated rings. The molecule has 0 aromatic heterocycles. The smallest absolute Gasteiger partial charge is 0.220 e. The van der Waals surface area contributed by atoms with Crippen molar-refractivity contribution in [2.24, 2.45) is 5.92 Å². The summed E-state index contributed by atoms with van der Waals surface area (Å²) in [5.74, 6) is 0.246. The number of hydrogen-bond donors (Lipinski definition) is 1. The average Bonchev–Trinajstić information content (AvgIpc) is 2.91. The van der Waals surface area contributed by atoms with Gasteiger partial charge >= 0.3 is 0 Å². The number of benzene rings is 1. The van der Waals surface area contributed by atoms with Crippen LogP contribution in [0.25, 0.3) is 0 Å². The van der Waals surface area contributed by atoms with Crippen LogP contribution in [0, 0.1) is 5.92 Å². The molecule has 21 heavy (non-hydrogen) atoms. The van der Waals surface area contributed by atoms with Crippen molar-refractivity contribution in [1.29, 1.82) is 0 Å². The molecule has 4 nitrogen and oxygen atoms in total. The van der Waals surface area contributed by atoms with E-state index in [9.17, 15) is 13.2 Å². The van der Waals surface area contributed by atoms with Gasteiger partial charge in [-0.05, 0) is 24.3 Å². The van der Waals surface area contributed by atoms with E-state index in [1.165, 1.54) is 0 Å². The molecular formula is C16H21NO3S. The zero-order valence-electron chi connectivity index (χ0n) is 12.0. The van der Waals surface area contributed by atoms with Gasteiger partial charge < -0.3 is 5.32 Å². The maximum atomic E-state index is 12.0. The van der Waals surface area contributed by atoms with E-state index in [0.717, 1.165) is 18.4 Å². The van der Waals surface area contributed by atoms with Crippen molar-refractivity contribution < 1.29 is 13.2 Å². The summed E-state index contributed by atoms with van der Waals surface area (Å²) in [6.07, 6.45) is 6.65. The minimum atomic E-state index is -3.19. The Morgan fingerprint density at radius 3 is 2.67 bits per heavy atom. The molecule has 114 valence electrons. The first-order valence-electron chi connectivity index (χ1n) is 7.23. The van der Waals surface area contributed by atoms with Crippen molar-refractivity contribution >= 4 is 15.7 Å². The van der Waals surface area contributed by atoms with Crippen molar-refractivity contribution in [3.8, 4) is 0 Å². The summed E-state index contributed by atoms with van der Waals surface area (Å²) in [6, 6.07) is 9.09. The predicted octanol–water partition coefficient (Wildman–Crippen LogP) is 2.07. The van der Waals surface area contributed by atoms with Crippen LogP contribution in [0.15, 0.2) is 42.5 Å². The highest BCUT2D eigenvalue weighted by Gasteiger charge is 2.15. The zero-order chi connectivity index (χ0) is 15.1. The van der Waals surface area contributed by atoms with Crippen molar-refractivity contribution in [2.45, 2.75) is 25.0 Å². The normalized spacial score (nSPS) is 17.8. The van der Waals surface area contributed by atoms with Gasteiger partial charge in [0.1, 0.15) is 0 Å². The van der Waals surface area contributed by atoms with Crippen molar-refractivity contribution in [2.75, 3.05) is 12.3 Å². The molecular weight excluding hydrogens is 286 g/mol. The first-order chi connectivity index (χ1) is 10.1. The SMILES string of the molecule is O=C(C[C@@H]1C=CCC1)NCCS(=O)(=O)Cc1ccccc1. The number of sulfone groups is 1. The van der Waals surface area contributed by atoms with E-state index in [0.29, 0.717) is 12.3 Å². The van der Waals surface area contributed by atoms with Gasteiger partial charge in [-0.15, -0.1) is 0 Å². The number of nitrogens with one attached hydrogen (secondary N) is 1. The molecule has 1 aromatic carbocycles. The average molecular weight is 307 g/mol. The zero-order valence-corrected chi connectivity index (χ0v) is 12.8. The third kappa shape index (κ3) is 5.71. The Bertz CT molecular complexity index is 593. The largest absolute Gasteiger partial charge is 0.355 e. The van der Waals surface area contributed by atoms with Gasteiger partial charge in [-0.25, -0.2) is 8.42 Å². The molecule has 0 spiro atoms. The summed E-state index contributed by atoms with van der Waals surface area (Å²) >= 11 is 0. The highest BCUT2D eigenvalue weighted by Crippen LogP contribution is 2.19. The maximum Gasteiger partial charge on any atom is 0.220 e. The fourth-order valence-corrected chi connectivity index (χ4v) is 3.68. The van der Waals surface area contributed by atoms with Crippen molar-refractivity contribution in [3.63, 3.8) is 0 Å². The Hall–Kier alpha value is -1.62. The quantitative estimate of drug-likeness (QED) is 0.784.